The van der Waals surface area contributed by atoms with Crippen molar-refractivity contribution in [1.29, 1.82) is 5.26 Å². The molecule has 0 spiro atoms. The van der Waals surface area contributed by atoms with Crippen molar-refractivity contribution in [3.8, 4) is 6.07 Å². The van der Waals surface area contributed by atoms with Crippen LogP contribution in [0.2, 0.25) is 5.02 Å². The molecule has 0 radical (unpaired) electrons. The molecule has 1 aliphatic carbocycles. The van der Waals surface area contributed by atoms with Crippen LogP contribution in [0.3, 0.4) is 0 Å². The van der Waals surface area contributed by atoms with Gasteiger partial charge in [0.15, 0.2) is 0 Å². The second kappa shape index (κ2) is 6.13. The van der Waals surface area contributed by atoms with Gasteiger partial charge in [-0.3, -0.25) is 5.32 Å². The van der Waals surface area contributed by atoms with E-state index in [4.69, 9.17) is 11.6 Å². The molecule has 0 amide bonds. The number of rotatable bonds is 6. The summed E-state index contributed by atoms with van der Waals surface area (Å²) >= 11 is 7.67. The highest BCUT2D eigenvalue weighted by atomic mass is 35.5. The molecule has 102 valence electrons. The minimum Gasteiger partial charge on any atom is -0.296 e. The number of nitriles is 1. The van der Waals surface area contributed by atoms with Gasteiger partial charge in [0.05, 0.1) is 11.1 Å². The lowest BCUT2D eigenvalue weighted by Crippen LogP contribution is -2.51. The van der Waals surface area contributed by atoms with Crippen LogP contribution in [0.4, 0.5) is 0 Å². The van der Waals surface area contributed by atoms with Gasteiger partial charge in [0.2, 0.25) is 0 Å². The monoisotopic (exact) mass is 295 g/mol. The zero-order valence-corrected chi connectivity index (χ0v) is 12.8. The van der Waals surface area contributed by atoms with Gasteiger partial charge in [0.25, 0.3) is 0 Å². The maximum atomic E-state index is 9.60. The van der Waals surface area contributed by atoms with E-state index in [-0.39, 0.29) is 0 Å². The van der Waals surface area contributed by atoms with E-state index in [1.54, 1.807) is 18.0 Å². The van der Waals surface area contributed by atoms with Crippen molar-refractivity contribution in [3.63, 3.8) is 0 Å². The molecule has 1 saturated carbocycles. The minimum absolute atomic E-state index is 0.292. The average molecular weight is 296 g/mol. The summed E-state index contributed by atoms with van der Waals surface area (Å²) in [5.41, 5.74) is -0.459. The van der Waals surface area contributed by atoms with Crippen LogP contribution in [0.25, 0.3) is 0 Å². The standard InChI is InChI=1S/C14H18ClN3S/c1-10(2)18-14(8-16,11-5-6-11)9-19-13-12(15)4-3-7-17-13/h3-4,7,10-11,18H,5-6,9H2,1-2H3. The quantitative estimate of drug-likeness (QED) is 0.816. The topological polar surface area (TPSA) is 48.7 Å². The van der Waals surface area contributed by atoms with Crippen LogP contribution in [-0.2, 0) is 0 Å². The van der Waals surface area contributed by atoms with E-state index in [2.05, 4.69) is 30.2 Å². The number of aromatic nitrogens is 1. The summed E-state index contributed by atoms with van der Waals surface area (Å²) in [5.74, 6) is 1.14. The summed E-state index contributed by atoms with van der Waals surface area (Å²) in [6.45, 7) is 4.15. The molecule has 1 heterocycles. The molecule has 1 fully saturated rings. The van der Waals surface area contributed by atoms with Crippen molar-refractivity contribution in [2.45, 2.75) is 43.3 Å². The van der Waals surface area contributed by atoms with Crippen LogP contribution in [0.5, 0.6) is 0 Å². The Balaban J connectivity index is 2.09. The lowest BCUT2D eigenvalue weighted by atomic mass is 9.96. The van der Waals surface area contributed by atoms with Gasteiger partial charge in [-0.15, -0.1) is 11.8 Å². The van der Waals surface area contributed by atoms with Crippen molar-refractivity contribution in [3.05, 3.63) is 23.4 Å². The second-order valence-electron chi connectivity index (χ2n) is 5.24. The summed E-state index contributed by atoms with van der Waals surface area (Å²) in [7, 11) is 0. The Kier molecular flexibility index (Phi) is 4.72. The number of nitrogens with zero attached hydrogens (tertiary/aromatic N) is 2. The van der Waals surface area contributed by atoms with Crippen LogP contribution in [0.1, 0.15) is 26.7 Å². The molecule has 0 saturated heterocycles. The van der Waals surface area contributed by atoms with E-state index < -0.39 is 5.54 Å². The first-order valence-electron chi connectivity index (χ1n) is 6.49. The van der Waals surface area contributed by atoms with E-state index in [0.717, 1.165) is 17.9 Å². The molecular weight excluding hydrogens is 278 g/mol. The van der Waals surface area contributed by atoms with Gasteiger partial charge in [-0.25, -0.2) is 4.98 Å². The first-order chi connectivity index (χ1) is 9.07. The summed E-state index contributed by atoms with van der Waals surface area (Å²) < 4.78 is 0. The maximum absolute atomic E-state index is 9.60. The van der Waals surface area contributed by atoms with Crippen LogP contribution >= 0.6 is 23.4 Å². The minimum atomic E-state index is -0.459. The summed E-state index contributed by atoms with van der Waals surface area (Å²) in [6, 6.07) is 6.44. The van der Waals surface area contributed by atoms with Crippen molar-refractivity contribution < 1.29 is 0 Å². The zero-order chi connectivity index (χ0) is 13.9. The Morgan fingerprint density at radius 3 is 2.89 bits per heavy atom. The molecule has 0 aromatic carbocycles. The number of thioether (sulfide) groups is 1. The fourth-order valence-electron chi connectivity index (χ4n) is 2.18. The van der Waals surface area contributed by atoms with Crippen molar-refractivity contribution in [2.75, 3.05) is 5.75 Å². The number of halogens is 1. The van der Waals surface area contributed by atoms with Gasteiger partial charge in [-0.2, -0.15) is 5.26 Å². The summed E-state index contributed by atoms with van der Waals surface area (Å²) in [6.07, 6.45) is 3.99. The molecule has 1 aromatic rings. The molecule has 1 N–H and O–H groups in total. The SMILES string of the molecule is CC(C)NC(C#N)(CSc1ncccc1Cl)C1CC1. The van der Waals surface area contributed by atoms with E-state index in [1.165, 1.54) is 0 Å². The maximum Gasteiger partial charge on any atom is 0.119 e. The predicted octanol–water partition coefficient (Wildman–Crippen LogP) is 3.50. The zero-order valence-electron chi connectivity index (χ0n) is 11.2. The molecule has 5 heteroatoms. The molecule has 1 aromatic heterocycles. The molecule has 1 unspecified atom stereocenters. The van der Waals surface area contributed by atoms with Gasteiger partial charge in [0.1, 0.15) is 10.6 Å². The predicted molar refractivity (Wildman–Crippen MR) is 79.3 cm³/mol. The fraction of sp³-hybridized carbons (Fsp3) is 0.571. The molecule has 2 rings (SSSR count). The van der Waals surface area contributed by atoms with E-state index in [0.29, 0.717) is 22.7 Å². The molecule has 19 heavy (non-hydrogen) atoms. The van der Waals surface area contributed by atoms with Crippen molar-refractivity contribution >= 4 is 23.4 Å². The van der Waals surface area contributed by atoms with Gasteiger partial charge < -0.3 is 0 Å². The molecular formula is C14H18ClN3S. The third-order valence-corrected chi connectivity index (χ3v) is 4.80. The van der Waals surface area contributed by atoms with Gasteiger partial charge >= 0.3 is 0 Å². The smallest absolute Gasteiger partial charge is 0.119 e. The molecule has 0 aliphatic heterocycles. The van der Waals surface area contributed by atoms with Crippen molar-refractivity contribution in [1.82, 2.24) is 10.3 Å². The first-order valence-corrected chi connectivity index (χ1v) is 7.86. The first kappa shape index (κ1) is 14.6. The van der Waals surface area contributed by atoms with Crippen molar-refractivity contribution in [2.24, 2.45) is 5.92 Å². The summed E-state index contributed by atoms with van der Waals surface area (Å²) in [4.78, 5) is 4.27. The normalized spacial score (nSPS) is 18.1. The van der Waals surface area contributed by atoms with Gasteiger partial charge in [-0.1, -0.05) is 11.6 Å². The Morgan fingerprint density at radius 2 is 2.37 bits per heavy atom. The lowest BCUT2D eigenvalue weighted by Gasteiger charge is -2.30. The number of pyridine rings is 1. The second-order valence-corrected chi connectivity index (χ2v) is 6.61. The molecule has 1 aliphatic rings. The Morgan fingerprint density at radius 1 is 1.63 bits per heavy atom. The highest BCUT2D eigenvalue weighted by Gasteiger charge is 2.46. The molecule has 1 atom stereocenters. The van der Waals surface area contributed by atoms with Gasteiger partial charge in [-0.05, 0) is 44.7 Å². The molecule has 0 bridgehead atoms. The van der Waals surface area contributed by atoms with Crippen LogP contribution < -0.4 is 5.32 Å². The highest BCUT2D eigenvalue weighted by Crippen LogP contribution is 2.42. The van der Waals surface area contributed by atoms with E-state index >= 15 is 0 Å². The van der Waals surface area contributed by atoms with E-state index in [9.17, 15) is 5.26 Å². The Labute approximate surface area is 123 Å². The largest absolute Gasteiger partial charge is 0.296 e. The molecule has 3 nitrogen and oxygen atoms in total. The lowest BCUT2D eigenvalue weighted by molar-refractivity contribution is 0.370. The summed E-state index contributed by atoms with van der Waals surface area (Å²) in [5, 5.41) is 14.5. The van der Waals surface area contributed by atoms with E-state index in [1.807, 2.05) is 12.1 Å². The average Bonchev–Trinajstić information content (AvgIpc) is 3.20. The van der Waals surface area contributed by atoms with Gasteiger partial charge in [0, 0.05) is 18.0 Å². The Hall–Kier alpha value is -0.760. The third kappa shape index (κ3) is 3.62. The highest BCUT2D eigenvalue weighted by molar-refractivity contribution is 7.99. The van der Waals surface area contributed by atoms with Crippen LogP contribution in [-0.4, -0.2) is 22.3 Å². The fourth-order valence-corrected chi connectivity index (χ4v) is 3.56. The number of hydrogen-bond acceptors (Lipinski definition) is 4. The number of nitrogens with one attached hydrogen (secondary N) is 1. The number of hydrogen-bond donors (Lipinski definition) is 1. The van der Waals surface area contributed by atoms with Crippen LogP contribution in [0.15, 0.2) is 23.4 Å². The third-order valence-electron chi connectivity index (χ3n) is 3.18. The van der Waals surface area contributed by atoms with Crippen LogP contribution in [0, 0.1) is 17.2 Å². The Bertz CT molecular complexity index is 482.